The van der Waals surface area contributed by atoms with Gasteiger partial charge in [-0.3, -0.25) is 10.1 Å². The highest BCUT2D eigenvalue weighted by molar-refractivity contribution is 5.65. The second kappa shape index (κ2) is 2.71. The fourth-order valence-corrected chi connectivity index (χ4v) is 0.366. The Bertz CT molecular complexity index is 187. The number of nitrogens with zero attached hydrogens (tertiary/aromatic N) is 3. The third-order valence-corrected chi connectivity index (χ3v) is 0.671. The molecular formula is C4H4N4O. The molecular weight excluding hydrogens is 120 g/mol. The summed E-state index contributed by atoms with van der Waals surface area (Å²) in [6.07, 6.45) is 3.37. The van der Waals surface area contributed by atoms with Crippen molar-refractivity contribution in [1.29, 1.82) is 0 Å². The minimum atomic E-state index is 0.215. The number of rotatable bonds is 2. The molecule has 0 atom stereocenters. The first-order valence-corrected chi connectivity index (χ1v) is 2.27. The molecule has 1 aromatic rings. The molecule has 1 N–H and O–H groups in total. The van der Waals surface area contributed by atoms with Gasteiger partial charge in [0.15, 0.2) is 0 Å². The van der Waals surface area contributed by atoms with Crippen molar-refractivity contribution in [1.82, 2.24) is 15.2 Å². The van der Waals surface area contributed by atoms with Gasteiger partial charge in [0.05, 0.1) is 12.4 Å². The van der Waals surface area contributed by atoms with E-state index in [-0.39, 0.29) is 5.95 Å². The number of amides is 1. The number of hydrogen-bond donors (Lipinski definition) is 1. The lowest BCUT2D eigenvalue weighted by atomic mass is 10.8. The van der Waals surface area contributed by atoms with E-state index in [1.54, 1.807) is 0 Å². The largest absolute Gasteiger partial charge is 0.296 e. The minimum absolute atomic E-state index is 0.215. The monoisotopic (exact) mass is 124 g/mol. The molecule has 0 aliphatic heterocycles. The Morgan fingerprint density at radius 3 is 3.00 bits per heavy atom. The van der Waals surface area contributed by atoms with Crippen LogP contribution >= 0.6 is 0 Å². The highest BCUT2D eigenvalue weighted by Gasteiger charge is 1.86. The number of hydrogen-bond acceptors (Lipinski definition) is 4. The van der Waals surface area contributed by atoms with E-state index in [1.165, 1.54) is 12.4 Å². The Kier molecular flexibility index (Phi) is 1.69. The molecule has 0 radical (unpaired) electrons. The Morgan fingerprint density at radius 2 is 2.44 bits per heavy atom. The van der Waals surface area contributed by atoms with E-state index in [1.807, 2.05) is 0 Å². The molecule has 0 saturated heterocycles. The van der Waals surface area contributed by atoms with Gasteiger partial charge in [0.2, 0.25) is 12.4 Å². The van der Waals surface area contributed by atoms with Crippen molar-refractivity contribution < 1.29 is 4.79 Å². The standard InChI is InChI=1S/C4H4N4O/c9-3-6-4-5-1-2-7-8-4/h1-3H,(H,5,6,8,9). The van der Waals surface area contributed by atoms with Gasteiger partial charge in [-0.1, -0.05) is 0 Å². The van der Waals surface area contributed by atoms with Gasteiger partial charge < -0.3 is 0 Å². The van der Waals surface area contributed by atoms with Crippen LogP contribution in [-0.4, -0.2) is 21.6 Å². The van der Waals surface area contributed by atoms with Crippen molar-refractivity contribution in [3.05, 3.63) is 12.4 Å². The van der Waals surface area contributed by atoms with Gasteiger partial charge in [-0.15, -0.1) is 5.10 Å². The molecule has 5 heteroatoms. The summed E-state index contributed by atoms with van der Waals surface area (Å²) in [5, 5.41) is 9.18. The van der Waals surface area contributed by atoms with Crippen molar-refractivity contribution in [2.75, 3.05) is 5.32 Å². The third kappa shape index (κ3) is 1.45. The maximum Gasteiger partial charge on any atom is 0.249 e. The van der Waals surface area contributed by atoms with Gasteiger partial charge >= 0.3 is 0 Å². The topological polar surface area (TPSA) is 67.8 Å². The van der Waals surface area contributed by atoms with Crippen LogP contribution in [0.2, 0.25) is 0 Å². The second-order valence-electron chi connectivity index (χ2n) is 1.23. The Labute approximate surface area is 51.1 Å². The Morgan fingerprint density at radius 1 is 1.56 bits per heavy atom. The lowest BCUT2D eigenvalue weighted by Gasteiger charge is -1.89. The van der Waals surface area contributed by atoms with E-state index in [2.05, 4.69) is 20.5 Å². The first kappa shape index (κ1) is 5.61. The molecule has 9 heavy (non-hydrogen) atoms. The van der Waals surface area contributed by atoms with Crippen LogP contribution in [0, 0.1) is 0 Å². The maximum atomic E-state index is 9.76. The normalized spacial score (nSPS) is 8.44. The highest BCUT2D eigenvalue weighted by atomic mass is 16.1. The lowest BCUT2D eigenvalue weighted by molar-refractivity contribution is -0.105. The van der Waals surface area contributed by atoms with Gasteiger partial charge in [0, 0.05) is 0 Å². The van der Waals surface area contributed by atoms with Crippen molar-refractivity contribution >= 4 is 12.4 Å². The Balaban J connectivity index is 2.72. The second-order valence-corrected chi connectivity index (χ2v) is 1.23. The van der Waals surface area contributed by atoms with Crippen molar-refractivity contribution in [2.45, 2.75) is 0 Å². The minimum Gasteiger partial charge on any atom is -0.296 e. The van der Waals surface area contributed by atoms with Crippen LogP contribution in [0.4, 0.5) is 5.95 Å². The number of carbonyl (C=O) groups is 1. The molecule has 0 bridgehead atoms. The van der Waals surface area contributed by atoms with Crippen LogP contribution in [0.15, 0.2) is 12.4 Å². The smallest absolute Gasteiger partial charge is 0.249 e. The summed E-state index contributed by atoms with van der Waals surface area (Å²) < 4.78 is 0. The number of anilines is 1. The number of nitrogens with one attached hydrogen (secondary N) is 1. The molecule has 0 aliphatic rings. The molecule has 1 heterocycles. The molecule has 1 aromatic heterocycles. The van der Waals surface area contributed by atoms with Crippen molar-refractivity contribution in [3.63, 3.8) is 0 Å². The summed E-state index contributed by atoms with van der Waals surface area (Å²) in [7, 11) is 0. The summed E-state index contributed by atoms with van der Waals surface area (Å²) in [6, 6.07) is 0. The molecule has 1 amide bonds. The van der Waals surface area contributed by atoms with Gasteiger partial charge in [-0.05, 0) is 0 Å². The fraction of sp³-hybridized carbons (Fsp3) is 0. The van der Waals surface area contributed by atoms with E-state index < -0.39 is 0 Å². The zero-order chi connectivity index (χ0) is 6.53. The van der Waals surface area contributed by atoms with Crippen molar-refractivity contribution in [2.24, 2.45) is 0 Å². The summed E-state index contributed by atoms with van der Waals surface area (Å²) >= 11 is 0. The summed E-state index contributed by atoms with van der Waals surface area (Å²) in [5.74, 6) is 0.215. The number of carbonyl (C=O) groups excluding carboxylic acids is 1. The molecule has 0 spiro atoms. The van der Waals surface area contributed by atoms with Crippen LogP contribution in [0.5, 0.6) is 0 Å². The molecule has 0 aliphatic carbocycles. The first-order chi connectivity index (χ1) is 4.43. The predicted molar refractivity (Wildman–Crippen MR) is 29.5 cm³/mol. The molecule has 0 unspecified atom stereocenters. The van der Waals surface area contributed by atoms with E-state index >= 15 is 0 Å². The van der Waals surface area contributed by atoms with E-state index in [0.29, 0.717) is 6.41 Å². The molecule has 5 nitrogen and oxygen atoms in total. The zero-order valence-corrected chi connectivity index (χ0v) is 4.48. The fourth-order valence-electron chi connectivity index (χ4n) is 0.366. The van der Waals surface area contributed by atoms with Gasteiger partial charge in [-0.2, -0.15) is 5.10 Å². The van der Waals surface area contributed by atoms with Crippen molar-refractivity contribution in [3.8, 4) is 0 Å². The maximum absolute atomic E-state index is 9.76. The summed E-state index contributed by atoms with van der Waals surface area (Å²) in [4.78, 5) is 13.4. The van der Waals surface area contributed by atoms with Crippen LogP contribution in [-0.2, 0) is 4.79 Å². The molecule has 0 aromatic carbocycles. The molecule has 0 fully saturated rings. The highest BCUT2D eigenvalue weighted by Crippen LogP contribution is 1.86. The van der Waals surface area contributed by atoms with Crippen LogP contribution in [0.1, 0.15) is 0 Å². The lowest BCUT2D eigenvalue weighted by Crippen LogP contribution is -1.99. The first-order valence-electron chi connectivity index (χ1n) is 2.27. The van der Waals surface area contributed by atoms with E-state index in [0.717, 1.165) is 0 Å². The van der Waals surface area contributed by atoms with Gasteiger partial charge in [0.25, 0.3) is 0 Å². The zero-order valence-electron chi connectivity index (χ0n) is 4.48. The Hall–Kier alpha value is -1.52. The molecule has 46 valence electrons. The quantitative estimate of drug-likeness (QED) is 0.536. The SMILES string of the molecule is O=CNc1nccnn1. The van der Waals surface area contributed by atoms with E-state index in [9.17, 15) is 4.79 Å². The van der Waals surface area contributed by atoms with E-state index in [4.69, 9.17) is 0 Å². The van der Waals surface area contributed by atoms with Crippen LogP contribution < -0.4 is 5.32 Å². The summed E-state index contributed by atoms with van der Waals surface area (Å²) in [6.45, 7) is 0. The van der Waals surface area contributed by atoms with Gasteiger partial charge in [-0.25, -0.2) is 4.98 Å². The average Bonchev–Trinajstić information content (AvgIpc) is 1.91. The van der Waals surface area contributed by atoms with Crippen LogP contribution in [0.3, 0.4) is 0 Å². The van der Waals surface area contributed by atoms with Crippen LogP contribution in [0.25, 0.3) is 0 Å². The van der Waals surface area contributed by atoms with Gasteiger partial charge in [0.1, 0.15) is 0 Å². The molecule has 0 saturated carbocycles. The predicted octanol–water partition coefficient (Wildman–Crippen LogP) is -0.560. The summed E-state index contributed by atoms with van der Waals surface area (Å²) in [5.41, 5.74) is 0. The number of aromatic nitrogens is 3. The third-order valence-electron chi connectivity index (χ3n) is 0.671. The molecule has 1 rings (SSSR count). The average molecular weight is 124 g/mol.